The van der Waals surface area contributed by atoms with Gasteiger partial charge in [0.15, 0.2) is 0 Å². The van der Waals surface area contributed by atoms with Gasteiger partial charge in [-0.1, -0.05) is 6.07 Å². The van der Waals surface area contributed by atoms with Crippen molar-refractivity contribution in [3.8, 4) is 11.5 Å². The SMILES string of the molecule is Cc1nnc(-c2cccnc2N2CCN(S(=O)(=O)c3ccc(C)c(F)c3)CC2)o1. The summed E-state index contributed by atoms with van der Waals surface area (Å²) in [7, 11) is -3.76. The fourth-order valence-corrected chi connectivity index (χ4v) is 4.68. The number of rotatable bonds is 4. The Balaban J connectivity index is 1.54. The Morgan fingerprint density at radius 2 is 1.83 bits per heavy atom. The van der Waals surface area contributed by atoms with E-state index in [1.54, 1.807) is 26.1 Å². The van der Waals surface area contributed by atoms with Crippen molar-refractivity contribution in [2.45, 2.75) is 18.7 Å². The van der Waals surface area contributed by atoms with Crippen LogP contribution in [0.5, 0.6) is 0 Å². The molecule has 1 aromatic carbocycles. The van der Waals surface area contributed by atoms with E-state index in [1.807, 2.05) is 11.0 Å². The summed E-state index contributed by atoms with van der Waals surface area (Å²) in [6, 6.07) is 7.62. The fourth-order valence-electron chi connectivity index (χ4n) is 3.24. The van der Waals surface area contributed by atoms with E-state index in [0.717, 1.165) is 6.07 Å². The van der Waals surface area contributed by atoms with Gasteiger partial charge in [-0.25, -0.2) is 17.8 Å². The van der Waals surface area contributed by atoms with E-state index >= 15 is 0 Å². The van der Waals surface area contributed by atoms with Crippen LogP contribution in [0.3, 0.4) is 0 Å². The van der Waals surface area contributed by atoms with Crippen LogP contribution in [0.4, 0.5) is 10.2 Å². The van der Waals surface area contributed by atoms with Crippen LogP contribution in [0.15, 0.2) is 45.8 Å². The Hall–Kier alpha value is -2.85. The number of aryl methyl sites for hydroxylation is 2. The molecule has 29 heavy (non-hydrogen) atoms. The lowest BCUT2D eigenvalue weighted by atomic mass is 10.2. The maximum absolute atomic E-state index is 13.8. The molecule has 0 N–H and O–H groups in total. The van der Waals surface area contributed by atoms with E-state index in [2.05, 4.69) is 15.2 Å². The molecule has 0 spiro atoms. The maximum atomic E-state index is 13.8. The molecule has 3 aromatic rings. The summed E-state index contributed by atoms with van der Waals surface area (Å²) in [5, 5.41) is 7.91. The van der Waals surface area contributed by atoms with Crippen molar-refractivity contribution in [1.29, 1.82) is 0 Å². The largest absolute Gasteiger partial charge is 0.421 e. The average molecular weight is 417 g/mol. The highest BCUT2D eigenvalue weighted by Crippen LogP contribution is 2.29. The molecule has 8 nitrogen and oxygen atoms in total. The molecule has 1 aliphatic heterocycles. The molecule has 0 atom stereocenters. The molecule has 4 rings (SSSR count). The van der Waals surface area contributed by atoms with Gasteiger partial charge in [-0.05, 0) is 36.8 Å². The van der Waals surface area contributed by atoms with Gasteiger partial charge in [-0.15, -0.1) is 10.2 Å². The number of hydrogen-bond acceptors (Lipinski definition) is 7. The highest BCUT2D eigenvalue weighted by atomic mass is 32.2. The van der Waals surface area contributed by atoms with Crippen LogP contribution >= 0.6 is 0 Å². The number of nitrogens with zero attached hydrogens (tertiary/aromatic N) is 5. The summed E-state index contributed by atoms with van der Waals surface area (Å²) < 4.78 is 46.5. The zero-order chi connectivity index (χ0) is 20.6. The molecule has 0 saturated carbocycles. The monoisotopic (exact) mass is 417 g/mol. The van der Waals surface area contributed by atoms with E-state index in [9.17, 15) is 12.8 Å². The second-order valence-corrected chi connectivity index (χ2v) is 8.74. The molecule has 152 valence electrons. The zero-order valence-electron chi connectivity index (χ0n) is 16.0. The van der Waals surface area contributed by atoms with Crippen LogP contribution in [0.25, 0.3) is 11.5 Å². The number of pyridine rings is 1. The number of anilines is 1. The van der Waals surface area contributed by atoms with Gasteiger partial charge in [0.05, 0.1) is 10.5 Å². The Bertz CT molecular complexity index is 1140. The van der Waals surface area contributed by atoms with Crippen molar-refractivity contribution in [1.82, 2.24) is 19.5 Å². The highest BCUT2D eigenvalue weighted by molar-refractivity contribution is 7.89. The predicted octanol–water partition coefficient (Wildman–Crippen LogP) is 2.40. The standard InChI is InChI=1S/C19H20FN5O3S/c1-13-5-6-15(12-17(13)20)29(26,27)25-10-8-24(9-11-25)18-16(4-3-7-21-18)19-23-22-14(2)28-19/h3-7,12H,8-11H2,1-2H3. The number of piperazine rings is 1. The number of benzene rings is 1. The van der Waals surface area contributed by atoms with E-state index in [0.29, 0.717) is 41.8 Å². The molecule has 0 radical (unpaired) electrons. The summed E-state index contributed by atoms with van der Waals surface area (Å²) in [6.45, 7) is 4.70. The van der Waals surface area contributed by atoms with E-state index < -0.39 is 15.8 Å². The molecule has 0 amide bonds. The first kappa shape index (κ1) is 19.5. The molecular formula is C19H20FN5O3S. The van der Waals surface area contributed by atoms with Gasteiger partial charge >= 0.3 is 0 Å². The molecule has 3 heterocycles. The Morgan fingerprint density at radius 1 is 1.07 bits per heavy atom. The number of hydrogen-bond donors (Lipinski definition) is 0. The Kier molecular flexibility index (Phi) is 5.05. The summed E-state index contributed by atoms with van der Waals surface area (Å²) in [6.07, 6.45) is 1.67. The minimum absolute atomic E-state index is 0.0334. The summed E-state index contributed by atoms with van der Waals surface area (Å²) in [4.78, 5) is 6.38. The number of aromatic nitrogens is 3. The maximum Gasteiger partial charge on any atom is 0.251 e. The third kappa shape index (κ3) is 3.73. The molecule has 0 bridgehead atoms. The molecule has 2 aromatic heterocycles. The number of halogens is 1. The summed E-state index contributed by atoms with van der Waals surface area (Å²) in [5.41, 5.74) is 1.11. The van der Waals surface area contributed by atoms with E-state index in [-0.39, 0.29) is 18.0 Å². The molecule has 0 unspecified atom stereocenters. The zero-order valence-corrected chi connectivity index (χ0v) is 16.9. The van der Waals surface area contributed by atoms with Gasteiger partial charge in [0.2, 0.25) is 15.9 Å². The van der Waals surface area contributed by atoms with Gasteiger partial charge in [0, 0.05) is 39.3 Å². The molecule has 1 aliphatic rings. The smallest absolute Gasteiger partial charge is 0.251 e. The first-order chi connectivity index (χ1) is 13.9. The van der Waals surface area contributed by atoms with Gasteiger partial charge in [0.1, 0.15) is 11.6 Å². The second kappa shape index (κ2) is 7.53. The molecule has 1 fully saturated rings. The van der Waals surface area contributed by atoms with E-state index in [4.69, 9.17) is 4.42 Å². The van der Waals surface area contributed by atoms with Gasteiger partial charge in [-0.3, -0.25) is 0 Å². The van der Waals surface area contributed by atoms with Crippen LogP contribution < -0.4 is 4.90 Å². The minimum atomic E-state index is -3.76. The van der Waals surface area contributed by atoms with Crippen LogP contribution in [0.2, 0.25) is 0 Å². The second-order valence-electron chi connectivity index (χ2n) is 6.80. The van der Waals surface area contributed by atoms with Crippen molar-refractivity contribution in [3.05, 3.63) is 53.8 Å². The lowest BCUT2D eigenvalue weighted by Gasteiger charge is -2.35. The van der Waals surface area contributed by atoms with Crippen molar-refractivity contribution in [2.75, 3.05) is 31.1 Å². The third-order valence-electron chi connectivity index (χ3n) is 4.86. The van der Waals surface area contributed by atoms with Crippen molar-refractivity contribution in [2.24, 2.45) is 0 Å². The summed E-state index contributed by atoms with van der Waals surface area (Å²) in [5.74, 6) is 0.957. The predicted molar refractivity (Wildman–Crippen MR) is 104 cm³/mol. The Morgan fingerprint density at radius 3 is 2.48 bits per heavy atom. The van der Waals surface area contributed by atoms with Crippen molar-refractivity contribution < 1.29 is 17.2 Å². The van der Waals surface area contributed by atoms with Crippen LogP contribution in [-0.4, -0.2) is 54.1 Å². The molecule has 0 aliphatic carbocycles. The van der Waals surface area contributed by atoms with Crippen molar-refractivity contribution in [3.63, 3.8) is 0 Å². The van der Waals surface area contributed by atoms with Gasteiger partial charge in [0.25, 0.3) is 5.89 Å². The highest BCUT2D eigenvalue weighted by Gasteiger charge is 2.30. The van der Waals surface area contributed by atoms with Gasteiger partial charge < -0.3 is 9.32 Å². The summed E-state index contributed by atoms with van der Waals surface area (Å²) >= 11 is 0. The molecular weight excluding hydrogens is 397 g/mol. The van der Waals surface area contributed by atoms with Crippen LogP contribution in [0.1, 0.15) is 11.5 Å². The normalized spacial score (nSPS) is 15.6. The fraction of sp³-hybridized carbons (Fsp3) is 0.316. The number of sulfonamides is 1. The van der Waals surface area contributed by atoms with Gasteiger partial charge in [-0.2, -0.15) is 4.31 Å². The quantitative estimate of drug-likeness (QED) is 0.644. The Labute approximate surface area is 168 Å². The average Bonchev–Trinajstić information content (AvgIpc) is 3.16. The van der Waals surface area contributed by atoms with Crippen LogP contribution in [0, 0.1) is 19.7 Å². The van der Waals surface area contributed by atoms with Crippen LogP contribution in [-0.2, 0) is 10.0 Å². The lowest BCUT2D eigenvalue weighted by Crippen LogP contribution is -2.49. The lowest BCUT2D eigenvalue weighted by molar-refractivity contribution is 0.383. The topological polar surface area (TPSA) is 92.4 Å². The molecule has 1 saturated heterocycles. The van der Waals surface area contributed by atoms with E-state index in [1.165, 1.54) is 16.4 Å². The first-order valence-electron chi connectivity index (χ1n) is 9.13. The minimum Gasteiger partial charge on any atom is -0.421 e. The third-order valence-corrected chi connectivity index (χ3v) is 6.76. The molecule has 10 heteroatoms. The van der Waals surface area contributed by atoms with Crippen molar-refractivity contribution >= 4 is 15.8 Å². The first-order valence-corrected chi connectivity index (χ1v) is 10.6.